The van der Waals surface area contributed by atoms with E-state index in [4.69, 9.17) is 4.65 Å². The third kappa shape index (κ3) is 4.94. The quantitative estimate of drug-likeness (QED) is 0.547. The van der Waals surface area contributed by atoms with Crippen molar-refractivity contribution in [3.05, 3.63) is 47.2 Å². The van der Waals surface area contributed by atoms with Crippen molar-refractivity contribution in [1.29, 1.82) is 0 Å². The molecule has 2 aliphatic heterocycles. The zero-order valence-electron chi connectivity index (χ0n) is 14.5. The molecule has 0 aliphatic carbocycles. The lowest BCUT2D eigenvalue weighted by Gasteiger charge is -2.19. The van der Waals surface area contributed by atoms with Crippen LogP contribution in [-0.4, -0.2) is 29.1 Å². The Labute approximate surface area is 149 Å². The monoisotopic (exact) mass is 343 g/mol. The van der Waals surface area contributed by atoms with Crippen molar-refractivity contribution in [3.8, 4) is 0 Å². The number of nitrogens with one attached hydrogen (secondary N) is 1. The van der Waals surface area contributed by atoms with Crippen LogP contribution in [0.2, 0.25) is 5.82 Å². The van der Waals surface area contributed by atoms with E-state index in [9.17, 15) is 14.9 Å². The number of hydrogen-bond acceptors (Lipinski definition) is 5. The highest BCUT2D eigenvalue weighted by atomic mass is 16.5. The summed E-state index contributed by atoms with van der Waals surface area (Å²) >= 11 is 0. The number of aliphatic hydroxyl groups is 1. The summed E-state index contributed by atoms with van der Waals surface area (Å²) in [6.45, 7) is 5.24. The lowest BCUT2D eigenvalue weighted by atomic mass is 9.67. The molecule has 2 heterocycles. The molecule has 2 atom stereocenters. The van der Waals surface area contributed by atoms with Gasteiger partial charge in [0.05, 0.1) is 5.76 Å². The molecule has 1 fully saturated rings. The van der Waals surface area contributed by atoms with E-state index in [1.165, 1.54) is 11.1 Å². The second kappa shape index (κ2) is 8.17. The highest BCUT2D eigenvalue weighted by Crippen LogP contribution is 2.30. The molecule has 6 heteroatoms. The van der Waals surface area contributed by atoms with Gasteiger partial charge in [0.2, 0.25) is 0 Å². The van der Waals surface area contributed by atoms with Crippen molar-refractivity contribution in [2.45, 2.75) is 63.5 Å². The second-order valence-electron chi connectivity index (χ2n) is 7.24. The Kier molecular flexibility index (Phi) is 5.94. The molecule has 0 amide bonds. The Morgan fingerprint density at radius 3 is 2.88 bits per heavy atom. The number of carbonyl (C=O) groups is 1. The van der Waals surface area contributed by atoms with Gasteiger partial charge in [-0.2, -0.15) is 0 Å². The summed E-state index contributed by atoms with van der Waals surface area (Å²) in [6, 6.07) is 6.22. The molecule has 0 unspecified atom stereocenters. The highest BCUT2D eigenvalue weighted by Gasteiger charge is 2.34. The van der Waals surface area contributed by atoms with Crippen LogP contribution in [0.15, 0.2) is 30.5 Å². The van der Waals surface area contributed by atoms with Crippen LogP contribution in [0.1, 0.15) is 48.8 Å². The number of rotatable bonds is 6. The number of carbonyl (C=O) groups excluding carboxylic acids is 1. The number of ketones is 1. The first kappa shape index (κ1) is 18.2. The van der Waals surface area contributed by atoms with E-state index in [0.29, 0.717) is 19.3 Å². The van der Waals surface area contributed by atoms with E-state index < -0.39 is 7.12 Å². The van der Waals surface area contributed by atoms with Crippen LogP contribution in [0.4, 0.5) is 0 Å². The van der Waals surface area contributed by atoms with Gasteiger partial charge in [0.1, 0.15) is 5.78 Å². The minimum absolute atomic E-state index is 0.0674. The van der Waals surface area contributed by atoms with Crippen LogP contribution < -0.4 is 5.32 Å². The fourth-order valence-corrected chi connectivity index (χ4v) is 3.79. The first-order chi connectivity index (χ1) is 12.0. The molecule has 1 saturated heterocycles. The maximum atomic E-state index is 12.5. The maximum Gasteiger partial charge on any atom is 0.458 e. The van der Waals surface area contributed by atoms with E-state index in [1.807, 2.05) is 6.07 Å². The summed E-state index contributed by atoms with van der Waals surface area (Å²) in [7, 11) is -0.958. The molecule has 0 spiro atoms. The van der Waals surface area contributed by atoms with Gasteiger partial charge in [-0.3, -0.25) is 4.79 Å². The molecular weight excluding hydrogens is 317 g/mol. The molecule has 134 valence electrons. The molecule has 2 aliphatic rings. The van der Waals surface area contributed by atoms with Gasteiger partial charge in [0, 0.05) is 44.3 Å². The minimum Gasteiger partial charge on any atom is -0.513 e. The number of aliphatic hydroxyl groups excluding tert-OH is 1. The summed E-state index contributed by atoms with van der Waals surface area (Å²) in [5, 5.41) is 22.9. The molecule has 25 heavy (non-hydrogen) atoms. The number of hydrogen-bond donors (Lipinski definition) is 3. The molecule has 1 aromatic rings. The molecule has 0 aromatic heterocycles. The summed E-state index contributed by atoms with van der Waals surface area (Å²) in [4.78, 5) is 12.5. The maximum absolute atomic E-state index is 12.5. The molecule has 0 bridgehead atoms. The molecule has 0 radical (unpaired) electrons. The Balaban J connectivity index is 1.54. The summed E-state index contributed by atoms with van der Waals surface area (Å²) < 4.78 is 5.62. The molecule has 3 N–H and O–H groups in total. The van der Waals surface area contributed by atoms with Crippen LogP contribution in [-0.2, 0) is 29.0 Å². The van der Waals surface area contributed by atoms with Crippen molar-refractivity contribution < 1.29 is 19.6 Å². The van der Waals surface area contributed by atoms with Crippen molar-refractivity contribution in [2.24, 2.45) is 0 Å². The second-order valence-corrected chi connectivity index (χ2v) is 7.24. The van der Waals surface area contributed by atoms with Crippen molar-refractivity contribution in [3.63, 3.8) is 0 Å². The third-order valence-electron chi connectivity index (χ3n) is 5.09. The zero-order chi connectivity index (χ0) is 17.8. The fourth-order valence-electron chi connectivity index (χ4n) is 3.79. The summed E-state index contributed by atoms with van der Waals surface area (Å²) in [6.07, 6.45) is 3.22. The third-order valence-corrected chi connectivity index (χ3v) is 5.09. The number of Topliss-reactive ketones (excluding diaryl/α,β-unsaturated/α-hetero) is 1. The fraction of sp³-hybridized carbons (Fsp3) is 0.526. The molecule has 0 saturated carbocycles. The SMILES string of the molecule is C=C(O)C[C@H]1CCC[C@H](CC(=O)Cc2ccc3c(c2)CNC3)B(O)O1. The Bertz CT molecular complexity index is 648. The highest BCUT2D eigenvalue weighted by molar-refractivity contribution is 6.45. The average molecular weight is 343 g/mol. The average Bonchev–Trinajstić information content (AvgIpc) is 2.93. The predicted octanol–water partition coefficient (Wildman–Crippen LogP) is 2.67. The van der Waals surface area contributed by atoms with Crippen LogP contribution in [0.25, 0.3) is 0 Å². The Hall–Kier alpha value is -1.63. The van der Waals surface area contributed by atoms with Crippen molar-refractivity contribution >= 4 is 12.9 Å². The largest absolute Gasteiger partial charge is 0.513 e. The smallest absolute Gasteiger partial charge is 0.458 e. The van der Waals surface area contributed by atoms with Gasteiger partial charge in [0.25, 0.3) is 0 Å². The van der Waals surface area contributed by atoms with Gasteiger partial charge in [-0.05, 0) is 23.1 Å². The van der Waals surface area contributed by atoms with Gasteiger partial charge in [-0.1, -0.05) is 37.6 Å². The lowest BCUT2D eigenvalue weighted by molar-refractivity contribution is -0.118. The van der Waals surface area contributed by atoms with E-state index in [-0.39, 0.29) is 23.5 Å². The van der Waals surface area contributed by atoms with Gasteiger partial charge < -0.3 is 20.1 Å². The van der Waals surface area contributed by atoms with Gasteiger partial charge in [-0.25, -0.2) is 0 Å². The lowest BCUT2D eigenvalue weighted by Crippen LogP contribution is -2.29. The van der Waals surface area contributed by atoms with Crippen molar-refractivity contribution in [2.75, 3.05) is 0 Å². The van der Waals surface area contributed by atoms with Crippen LogP contribution in [0.3, 0.4) is 0 Å². The Morgan fingerprint density at radius 2 is 2.08 bits per heavy atom. The molecular formula is C19H26BNO4. The molecule has 1 aromatic carbocycles. The molecule has 3 rings (SSSR count). The minimum atomic E-state index is -0.958. The normalized spacial score (nSPS) is 23.2. The summed E-state index contributed by atoms with van der Waals surface area (Å²) in [5.41, 5.74) is 3.61. The van der Waals surface area contributed by atoms with E-state index in [2.05, 4.69) is 24.0 Å². The molecule has 5 nitrogen and oxygen atoms in total. The Morgan fingerprint density at radius 1 is 1.28 bits per heavy atom. The summed E-state index contributed by atoms with van der Waals surface area (Å²) in [5.74, 6) is 0.0157. The zero-order valence-corrected chi connectivity index (χ0v) is 14.5. The van der Waals surface area contributed by atoms with E-state index >= 15 is 0 Å². The number of benzene rings is 1. The predicted molar refractivity (Wildman–Crippen MR) is 97.1 cm³/mol. The van der Waals surface area contributed by atoms with E-state index in [1.54, 1.807) is 0 Å². The van der Waals surface area contributed by atoms with Crippen LogP contribution in [0, 0.1) is 0 Å². The first-order valence-corrected chi connectivity index (χ1v) is 9.04. The van der Waals surface area contributed by atoms with Gasteiger partial charge in [-0.15, -0.1) is 0 Å². The topological polar surface area (TPSA) is 78.8 Å². The van der Waals surface area contributed by atoms with Gasteiger partial charge in [0.15, 0.2) is 0 Å². The van der Waals surface area contributed by atoms with Crippen molar-refractivity contribution in [1.82, 2.24) is 5.32 Å². The van der Waals surface area contributed by atoms with E-state index in [0.717, 1.165) is 37.9 Å². The first-order valence-electron chi connectivity index (χ1n) is 9.04. The number of fused-ring (bicyclic) bond motifs is 1. The standard InChI is InChI=1S/C19H26BNO4/c1-13(22)7-19-4-2-3-17(20(24)25-19)10-18(23)9-14-5-6-15-11-21-12-16(15)8-14/h5-6,8,17,19,21-22,24H,1-4,7,9-12H2/t17-,19-/m1/s1. The van der Waals surface area contributed by atoms with Crippen LogP contribution in [0.5, 0.6) is 0 Å². The van der Waals surface area contributed by atoms with Crippen LogP contribution >= 0.6 is 0 Å². The van der Waals surface area contributed by atoms with Gasteiger partial charge >= 0.3 is 7.12 Å².